The number of nitrogens with one attached hydrogen (secondary N) is 1. The summed E-state index contributed by atoms with van der Waals surface area (Å²) in [6.45, 7) is 3.62. The van der Waals surface area contributed by atoms with E-state index in [1.165, 1.54) is 11.0 Å². The quantitative estimate of drug-likeness (QED) is 0.197. The van der Waals surface area contributed by atoms with Crippen LogP contribution < -0.4 is 20.7 Å². The molecular formula is C42H40F3N7O4. The number of carbonyl (C=O) groups is 3. The summed E-state index contributed by atoms with van der Waals surface area (Å²) in [5.74, 6) is -1.83. The number of aromatic nitrogens is 3. The molecule has 1 unspecified atom stereocenters. The number of hydrogen-bond donors (Lipinski definition) is 1. The van der Waals surface area contributed by atoms with E-state index in [2.05, 4.69) is 15.3 Å². The van der Waals surface area contributed by atoms with Crippen molar-refractivity contribution in [3.8, 4) is 11.1 Å². The zero-order chi connectivity index (χ0) is 39.0. The molecule has 4 aliphatic heterocycles. The van der Waals surface area contributed by atoms with E-state index in [0.29, 0.717) is 60.4 Å². The Bertz CT molecular complexity index is 2520. The predicted octanol–water partition coefficient (Wildman–Crippen LogP) is 6.47. The van der Waals surface area contributed by atoms with Crippen molar-refractivity contribution in [3.05, 3.63) is 105 Å². The van der Waals surface area contributed by atoms with Gasteiger partial charge in [0, 0.05) is 79.2 Å². The Morgan fingerprint density at radius 2 is 1.68 bits per heavy atom. The second-order valence-electron chi connectivity index (χ2n) is 15.3. The molecule has 0 aliphatic carbocycles. The highest BCUT2D eigenvalue weighted by molar-refractivity contribution is 6.05. The van der Waals surface area contributed by atoms with E-state index >= 15 is 4.39 Å². The smallest absolute Gasteiger partial charge is 0.264 e. The van der Waals surface area contributed by atoms with Crippen molar-refractivity contribution in [2.24, 2.45) is 7.05 Å². The van der Waals surface area contributed by atoms with Gasteiger partial charge in [-0.05, 0) is 98.2 Å². The molecular weight excluding hydrogens is 724 g/mol. The molecule has 2 aromatic heterocycles. The number of hydrogen-bond acceptors (Lipinski definition) is 7. The van der Waals surface area contributed by atoms with Crippen LogP contribution in [0.25, 0.3) is 22.0 Å². The molecule has 4 aliphatic rings. The van der Waals surface area contributed by atoms with E-state index in [9.17, 15) is 28.0 Å². The van der Waals surface area contributed by atoms with Gasteiger partial charge in [0.15, 0.2) is 0 Å². The maximum Gasteiger partial charge on any atom is 0.264 e. The van der Waals surface area contributed by atoms with Crippen molar-refractivity contribution in [1.29, 1.82) is 0 Å². The first-order chi connectivity index (χ1) is 27.0. The lowest BCUT2D eigenvalue weighted by molar-refractivity contribution is -0.136. The second-order valence-corrected chi connectivity index (χ2v) is 15.3. The van der Waals surface area contributed by atoms with Gasteiger partial charge in [0.25, 0.3) is 17.9 Å². The van der Waals surface area contributed by atoms with Crippen LogP contribution in [0.4, 0.5) is 30.2 Å². The van der Waals surface area contributed by atoms with Gasteiger partial charge in [-0.15, -0.1) is 0 Å². The number of halogens is 3. The molecule has 288 valence electrons. The molecule has 9 rings (SSSR count). The maximum atomic E-state index is 15.5. The Labute approximate surface area is 320 Å². The van der Waals surface area contributed by atoms with Crippen LogP contribution in [-0.2, 0) is 29.6 Å². The van der Waals surface area contributed by atoms with Crippen molar-refractivity contribution in [3.63, 3.8) is 0 Å². The Morgan fingerprint density at radius 3 is 2.45 bits per heavy atom. The Balaban J connectivity index is 0.937. The summed E-state index contributed by atoms with van der Waals surface area (Å²) in [6, 6.07) is 13.3. The van der Waals surface area contributed by atoms with Gasteiger partial charge in [-0.25, -0.2) is 13.2 Å². The van der Waals surface area contributed by atoms with Crippen molar-refractivity contribution < 1.29 is 27.6 Å². The molecule has 3 aromatic carbocycles. The zero-order valence-corrected chi connectivity index (χ0v) is 31.0. The number of alkyl halides is 2. The molecule has 0 radical (unpaired) electrons. The normalized spacial score (nSPS) is 18.9. The van der Waals surface area contributed by atoms with Gasteiger partial charge >= 0.3 is 0 Å². The molecule has 6 heterocycles. The highest BCUT2D eigenvalue weighted by Crippen LogP contribution is 2.43. The van der Waals surface area contributed by atoms with Gasteiger partial charge in [-0.2, -0.15) is 5.10 Å². The number of carbonyl (C=O) groups excluding carboxylic acids is 3. The van der Waals surface area contributed by atoms with E-state index < -0.39 is 30.1 Å². The number of fused-ring (bicyclic) bond motifs is 3. The number of rotatable bonds is 6. The Morgan fingerprint density at radius 1 is 0.875 bits per heavy atom. The minimum absolute atomic E-state index is 0.0315. The lowest BCUT2D eigenvalue weighted by Crippen LogP contribution is -2.52. The number of nitrogens with zero attached hydrogens (tertiary/aromatic N) is 6. The average Bonchev–Trinajstić information content (AvgIpc) is 3.81. The summed E-state index contributed by atoms with van der Waals surface area (Å²) < 4.78 is 48.8. The fraction of sp³-hybridized carbons (Fsp3) is 0.357. The summed E-state index contributed by atoms with van der Waals surface area (Å²) in [4.78, 5) is 55.4. The summed E-state index contributed by atoms with van der Waals surface area (Å²) in [7, 11) is 1.75. The summed E-state index contributed by atoms with van der Waals surface area (Å²) in [6.07, 6.45) is 3.94. The minimum Gasteiger partial charge on any atom is -0.369 e. The van der Waals surface area contributed by atoms with Crippen molar-refractivity contribution in [1.82, 2.24) is 24.6 Å². The SMILES string of the molecule is Cc1cc2c(N3CCCc4cc(-c5cnn(C6CCN(c7cc8c(cc7F)C(=O)N(C7CCC(=O)NC7=O)C8)CC6)c5)c(C(F)F)cc43)cccc2n(C)c1=O. The maximum absolute atomic E-state index is 15.5. The van der Waals surface area contributed by atoms with Gasteiger partial charge in [-0.1, -0.05) is 6.07 Å². The third-order valence-electron chi connectivity index (χ3n) is 12.0. The van der Waals surface area contributed by atoms with Crippen LogP contribution in [0.2, 0.25) is 0 Å². The molecule has 11 nitrogen and oxygen atoms in total. The molecule has 0 saturated carbocycles. The average molecular weight is 764 g/mol. The minimum atomic E-state index is -2.73. The van der Waals surface area contributed by atoms with Crippen LogP contribution in [0.15, 0.2) is 65.7 Å². The monoisotopic (exact) mass is 763 g/mol. The topological polar surface area (TPSA) is 113 Å². The van der Waals surface area contributed by atoms with Gasteiger partial charge in [-0.3, -0.25) is 29.2 Å². The fourth-order valence-corrected chi connectivity index (χ4v) is 9.07. The van der Waals surface area contributed by atoms with Crippen LogP contribution in [-0.4, -0.2) is 62.6 Å². The molecule has 56 heavy (non-hydrogen) atoms. The molecule has 1 N–H and O–H groups in total. The number of anilines is 3. The number of benzene rings is 3. The summed E-state index contributed by atoms with van der Waals surface area (Å²) >= 11 is 0. The van der Waals surface area contributed by atoms with Gasteiger partial charge in [0.2, 0.25) is 11.8 Å². The van der Waals surface area contributed by atoms with E-state index in [-0.39, 0.29) is 48.0 Å². The number of pyridine rings is 1. The summed E-state index contributed by atoms with van der Waals surface area (Å²) in [5, 5.41) is 7.80. The van der Waals surface area contributed by atoms with Crippen LogP contribution in [0.5, 0.6) is 0 Å². The lowest BCUT2D eigenvalue weighted by Gasteiger charge is -2.34. The third-order valence-corrected chi connectivity index (χ3v) is 12.0. The summed E-state index contributed by atoms with van der Waals surface area (Å²) in [5.41, 5.74) is 6.12. The van der Waals surface area contributed by atoms with Crippen molar-refractivity contribution >= 4 is 45.7 Å². The second kappa shape index (κ2) is 13.7. The largest absolute Gasteiger partial charge is 0.369 e. The molecule has 2 saturated heterocycles. The molecule has 3 amide bonds. The lowest BCUT2D eigenvalue weighted by atomic mass is 9.92. The van der Waals surface area contributed by atoms with Gasteiger partial charge in [0.1, 0.15) is 11.9 Å². The number of piperidine rings is 2. The molecule has 0 bridgehead atoms. The van der Waals surface area contributed by atoms with Crippen LogP contribution in [0, 0.1) is 12.7 Å². The first-order valence-electron chi connectivity index (χ1n) is 19.0. The number of imide groups is 1. The van der Waals surface area contributed by atoms with Crippen molar-refractivity contribution in [2.45, 2.75) is 70.5 Å². The van der Waals surface area contributed by atoms with Crippen LogP contribution in [0.1, 0.15) is 77.2 Å². The fourth-order valence-electron chi connectivity index (χ4n) is 9.07. The molecule has 2 fully saturated rings. The standard InChI is InChI=1S/C42H40F3N7O4/c1-23-15-31-33(48(2)41(23)55)6-3-7-34(31)50-12-4-5-24-16-28(30(39(44)45)19-36(24)50)26-20-46-52(22-26)27-10-13-49(14-11-27)37-17-25-21-51(42(56)29(25)18-32(37)43)35-8-9-38(53)47-40(35)54/h3,6-7,15-20,22,27,35,39H,4-5,8-14,21H2,1-2H3,(H,47,53,54). The molecule has 5 aromatic rings. The first kappa shape index (κ1) is 35.8. The first-order valence-corrected chi connectivity index (χ1v) is 19.0. The van der Waals surface area contributed by atoms with Crippen LogP contribution >= 0.6 is 0 Å². The van der Waals surface area contributed by atoms with E-state index in [1.807, 2.05) is 46.1 Å². The molecule has 0 spiro atoms. The Hall–Kier alpha value is -5.92. The number of aryl methyl sites for hydroxylation is 3. The van der Waals surface area contributed by atoms with Crippen molar-refractivity contribution in [2.75, 3.05) is 29.4 Å². The highest BCUT2D eigenvalue weighted by atomic mass is 19.3. The number of amides is 3. The zero-order valence-electron chi connectivity index (χ0n) is 31.0. The van der Waals surface area contributed by atoms with E-state index in [1.54, 1.807) is 36.9 Å². The van der Waals surface area contributed by atoms with E-state index in [4.69, 9.17) is 0 Å². The van der Waals surface area contributed by atoms with Crippen LogP contribution in [0.3, 0.4) is 0 Å². The van der Waals surface area contributed by atoms with Gasteiger partial charge < -0.3 is 19.3 Å². The predicted molar refractivity (Wildman–Crippen MR) is 205 cm³/mol. The van der Waals surface area contributed by atoms with Gasteiger partial charge in [0.05, 0.1) is 29.1 Å². The molecule has 14 heteroatoms. The van der Waals surface area contributed by atoms with E-state index in [0.717, 1.165) is 40.7 Å². The highest BCUT2D eigenvalue weighted by Gasteiger charge is 2.40. The Kier molecular flexibility index (Phi) is 8.73. The molecule has 1 atom stereocenters. The third kappa shape index (κ3) is 5.93.